The number of fused-ring (bicyclic) bond motifs is 4. The number of benzene rings is 3. The Balaban J connectivity index is 1.32. The molecule has 55 heavy (non-hydrogen) atoms. The van der Waals surface area contributed by atoms with Crippen LogP contribution in [0.3, 0.4) is 0 Å². The van der Waals surface area contributed by atoms with Crippen LogP contribution in [0.5, 0.6) is 0 Å². The van der Waals surface area contributed by atoms with Gasteiger partial charge in [-0.25, -0.2) is 0 Å². The molecule has 11 N–H and O–H groups in total. The number of aromatic nitrogens is 2. The normalized spacial score (nSPS) is 15.7. The van der Waals surface area contributed by atoms with Gasteiger partial charge in [-0.2, -0.15) is 0 Å². The summed E-state index contributed by atoms with van der Waals surface area (Å²) in [5.41, 5.74) is 21.8. The highest BCUT2D eigenvalue weighted by Gasteiger charge is 2.39. The van der Waals surface area contributed by atoms with Crippen molar-refractivity contribution in [2.24, 2.45) is 22.2 Å². The van der Waals surface area contributed by atoms with Crippen LogP contribution in [-0.2, 0) is 49.8 Å². The Bertz CT molecular complexity index is 2220. The van der Waals surface area contributed by atoms with Gasteiger partial charge in [-0.05, 0) is 41.7 Å². The fourth-order valence-electron chi connectivity index (χ4n) is 7.22. The number of rotatable bonds is 15. The number of para-hydroxylation sites is 2. The predicted molar refractivity (Wildman–Crippen MR) is 209 cm³/mol. The molecule has 0 saturated carbocycles. The smallest absolute Gasteiger partial charge is 0.246 e. The van der Waals surface area contributed by atoms with E-state index in [1.165, 1.54) is 11.8 Å². The summed E-state index contributed by atoms with van der Waals surface area (Å²) in [6, 6.07) is 20.1. The lowest BCUT2D eigenvalue weighted by Crippen LogP contribution is -2.59. The van der Waals surface area contributed by atoms with Gasteiger partial charge in [-0.1, -0.05) is 66.7 Å². The van der Waals surface area contributed by atoms with Crippen molar-refractivity contribution in [3.05, 3.63) is 107 Å². The molecule has 6 rings (SSSR count). The second-order valence-electron chi connectivity index (χ2n) is 13.8. The van der Waals surface area contributed by atoms with E-state index in [1.54, 1.807) is 6.20 Å². The lowest BCUT2D eigenvalue weighted by molar-refractivity contribution is -0.144. The number of hydrogen-bond acceptors (Lipinski definition) is 6. The van der Waals surface area contributed by atoms with Gasteiger partial charge in [-0.15, -0.1) is 0 Å². The van der Waals surface area contributed by atoms with E-state index in [1.807, 2.05) is 78.9 Å². The molecule has 4 atom stereocenters. The summed E-state index contributed by atoms with van der Waals surface area (Å²) in [6.45, 7) is 1.56. The number of carbonyl (C=O) groups excluding carboxylic acids is 5. The van der Waals surface area contributed by atoms with E-state index in [-0.39, 0.29) is 50.6 Å². The fraction of sp³-hybridized carbons (Fsp3) is 0.300. The molecule has 1 aliphatic heterocycles. The topological polar surface area (TPSA) is 247 Å². The number of H-pyrrole nitrogens is 2. The van der Waals surface area contributed by atoms with Crippen LogP contribution < -0.4 is 33.2 Å². The Kier molecular flexibility index (Phi) is 11.8. The summed E-state index contributed by atoms with van der Waals surface area (Å²) in [6.07, 6.45) is 2.59. The van der Waals surface area contributed by atoms with Crippen molar-refractivity contribution in [2.75, 3.05) is 6.54 Å². The van der Waals surface area contributed by atoms with Crippen LogP contribution in [0.4, 0.5) is 0 Å². The van der Waals surface area contributed by atoms with Crippen molar-refractivity contribution in [3.63, 3.8) is 0 Å². The van der Waals surface area contributed by atoms with Crippen molar-refractivity contribution < 1.29 is 24.0 Å². The average molecular weight is 747 g/mol. The van der Waals surface area contributed by atoms with Gasteiger partial charge < -0.3 is 48.0 Å². The molecule has 286 valence electrons. The molecule has 1 aliphatic rings. The molecular formula is C40H46N10O5. The number of primary amides is 1. The molecule has 2 aromatic heterocycles. The molecule has 15 heteroatoms. The maximum Gasteiger partial charge on any atom is 0.246 e. The van der Waals surface area contributed by atoms with Crippen LogP contribution in [0.1, 0.15) is 42.1 Å². The van der Waals surface area contributed by atoms with Crippen LogP contribution in [0.25, 0.3) is 21.8 Å². The molecule has 0 unspecified atom stereocenters. The Morgan fingerprint density at radius 1 is 0.855 bits per heavy atom. The first-order valence-electron chi connectivity index (χ1n) is 18.2. The van der Waals surface area contributed by atoms with E-state index in [2.05, 4.69) is 30.9 Å². The van der Waals surface area contributed by atoms with Crippen molar-refractivity contribution in [1.82, 2.24) is 30.8 Å². The number of nitrogens with one attached hydrogen (secondary N) is 5. The number of amides is 5. The molecule has 0 spiro atoms. The third-order valence-corrected chi connectivity index (χ3v) is 9.89. The minimum atomic E-state index is -1.17. The first kappa shape index (κ1) is 38.1. The van der Waals surface area contributed by atoms with E-state index in [4.69, 9.17) is 17.2 Å². The molecule has 5 amide bonds. The Morgan fingerprint density at radius 3 is 2.24 bits per heavy atom. The van der Waals surface area contributed by atoms with Gasteiger partial charge >= 0.3 is 0 Å². The SMILES string of the molecule is CC(=O)N[C@H]1Cc2c([nH]c3ccccc23)CN([C@H](Cc2ccccc2)C(=O)N[C@@H](CCCN=C(N)N)C(=O)N[C@@H](Cc2c[nH]c3ccccc23)C(N)=O)C1=O. The van der Waals surface area contributed by atoms with E-state index in [9.17, 15) is 24.0 Å². The Labute approximate surface area is 317 Å². The van der Waals surface area contributed by atoms with Gasteiger partial charge in [0.15, 0.2) is 5.96 Å². The highest BCUT2D eigenvalue weighted by molar-refractivity contribution is 5.97. The molecule has 0 radical (unpaired) electrons. The number of nitrogens with two attached hydrogens (primary N) is 3. The predicted octanol–water partition coefficient (Wildman–Crippen LogP) is 1.40. The molecule has 3 aromatic carbocycles. The molecule has 5 aromatic rings. The average Bonchev–Trinajstić information content (AvgIpc) is 3.70. The van der Waals surface area contributed by atoms with Gasteiger partial charge in [0.25, 0.3) is 0 Å². The van der Waals surface area contributed by atoms with Gasteiger partial charge in [0.2, 0.25) is 29.5 Å². The van der Waals surface area contributed by atoms with Crippen LogP contribution >= 0.6 is 0 Å². The minimum Gasteiger partial charge on any atom is -0.370 e. The lowest BCUT2D eigenvalue weighted by Gasteiger charge is -2.33. The van der Waals surface area contributed by atoms with Crippen LogP contribution in [-0.4, -0.2) is 81.1 Å². The molecule has 0 fully saturated rings. The third-order valence-electron chi connectivity index (χ3n) is 9.89. The van der Waals surface area contributed by atoms with Crippen molar-refractivity contribution >= 4 is 57.3 Å². The quantitative estimate of drug-likeness (QED) is 0.0444. The van der Waals surface area contributed by atoms with Crippen molar-refractivity contribution in [3.8, 4) is 0 Å². The summed E-state index contributed by atoms with van der Waals surface area (Å²) >= 11 is 0. The van der Waals surface area contributed by atoms with Crippen molar-refractivity contribution in [1.29, 1.82) is 0 Å². The zero-order valence-corrected chi connectivity index (χ0v) is 30.5. The largest absolute Gasteiger partial charge is 0.370 e. The molecule has 0 saturated heterocycles. The zero-order valence-electron chi connectivity index (χ0n) is 30.5. The van der Waals surface area contributed by atoms with Gasteiger partial charge in [0.1, 0.15) is 24.2 Å². The van der Waals surface area contributed by atoms with Crippen molar-refractivity contribution in [2.45, 2.75) is 69.7 Å². The zero-order chi connectivity index (χ0) is 39.1. The summed E-state index contributed by atoms with van der Waals surface area (Å²) in [5.74, 6) is -2.95. The van der Waals surface area contributed by atoms with E-state index >= 15 is 0 Å². The number of aromatic amines is 2. The van der Waals surface area contributed by atoms with Crippen LogP contribution in [0.2, 0.25) is 0 Å². The molecular weight excluding hydrogens is 701 g/mol. The van der Waals surface area contributed by atoms with Gasteiger partial charge in [-0.3, -0.25) is 29.0 Å². The Hall–Kier alpha value is -6.64. The van der Waals surface area contributed by atoms with E-state index < -0.39 is 47.8 Å². The first-order valence-corrected chi connectivity index (χ1v) is 18.2. The van der Waals surface area contributed by atoms with Gasteiger partial charge in [0.05, 0.1) is 6.54 Å². The second kappa shape index (κ2) is 17.0. The second-order valence-corrected chi connectivity index (χ2v) is 13.8. The highest BCUT2D eigenvalue weighted by Crippen LogP contribution is 2.29. The van der Waals surface area contributed by atoms with Crippen LogP contribution in [0, 0.1) is 0 Å². The van der Waals surface area contributed by atoms with Crippen LogP contribution in [0.15, 0.2) is 90.1 Å². The number of guanidine groups is 1. The molecule has 15 nitrogen and oxygen atoms in total. The summed E-state index contributed by atoms with van der Waals surface area (Å²) in [4.78, 5) is 80.3. The van der Waals surface area contributed by atoms with E-state index in [0.717, 1.165) is 44.2 Å². The summed E-state index contributed by atoms with van der Waals surface area (Å²) in [7, 11) is 0. The number of hydrogen-bond donors (Lipinski definition) is 8. The molecule has 3 heterocycles. The first-order chi connectivity index (χ1) is 26.5. The lowest BCUT2D eigenvalue weighted by atomic mass is 10.0. The fourth-order valence-corrected chi connectivity index (χ4v) is 7.22. The monoisotopic (exact) mass is 746 g/mol. The number of nitrogens with zero attached hydrogens (tertiary/aromatic N) is 2. The van der Waals surface area contributed by atoms with Gasteiger partial charge in [0, 0.05) is 66.4 Å². The summed E-state index contributed by atoms with van der Waals surface area (Å²) in [5, 5.41) is 10.2. The maximum atomic E-state index is 14.6. The standard InChI is InChI=1S/C40H46N10O5/c1-23(51)46-33-20-28-27-13-6-8-15-30(27)47-34(28)22-50(39(33)55)35(18-24-10-3-2-4-11-24)38(54)48-31(16-9-17-44-40(42)43)37(53)49-32(36(41)52)19-25-21-45-29-14-7-5-12-26(25)29/h2-8,10-15,21,31-33,35,45,47H,9,16-20,22H2,1H3,(H2,41,52)(H,46,51)(H,48,54)(H,49,53)(H4,42,43,44)/t31-,32-,33-,35+/m0/s1. The van der Waals surface area contributed by atoms with E-state index in [0.29, 0.717) is 6.42 Å². The molecule has 0 aliphatic carbocycles. The third kappa shape index (κ3) is 9.12. The Morgan fingerprint density at radius 2 is 1.53 bits per heavy atom. The maximum absolute atomic E-state index is 14.6. The minimum absolute atomic E-state index is 0.0412. The summed E-state index contributed by atoms with van der Waals surface area (Å²) < 4.78 is 0. The highest BCUT2D eigenvalue weighted by atomic mass is 16.2. The molecule has 0 bridgehead atoms. The number of aliphatic imine (C=N–C) groups is 1. The number of carbonyl (C=O) groups is 5.